The van der Waals surface area contributed by atoms with E-state index in [1.807, 2.05) is 55.6 Å². The number of carbonyl (C=O) groups excluding carboxylic acids is 1. The third-order valence-electron chi connectivity index (χ3n) is 5.18. The number of hydrogen-bond donors (Lipinski definition) is 2. The number of aromatic nitrogens is 2. The van der Waals surface area contributed by atoms with Crippen LogP contribution in [0.2, 0.25) is 0 Å². The van der Waals surface area contributed by atoms with Crippen LogP contribution in [0.3, 0.4) is 0 Å². The molecule has 0 saturated heterocycles. The van der Waals surface area contributed by atoms with Gasteiger partial charge in [0.05, 0.1) is 6.07 Å². The second-order valence-electron chi connectivity index (χ2n) is 7.50. The molecule has 0 radical (unpaired) electrons. The molecule has 1 aromatic carbocycles. The molecular weight excluding hydrogens is 462 g/mol. The molecule has 0 saturated carbocycles. The molecule has 0 bridgehead atoms. The van der Waals surface area contributed by atoms with E-state index in [0.29, 0.717) is 11.1 Å². The molecule has 0 unspecified atom stereocenters. The van der Waals surface area contributed by atoms with Gasteiger partial charge in [0.25, 0.3) is 11.5 Å². The zero-order valence-corrected chi connectivity index (χ0v) is 20.3. The minimum Gasteiger partial charge on any atom is -0.360 e. The predicted molar refractivity (Wildman–Crippen MR) is 137 cm³/mol. The van der Waals surface area contributed by atoms with Gasteiger partial charge < -0.3 is 15.5 Å². The van der Waals surface area contributed by atoms with Crippen LogP contribution in [0, 0.1) is 22.7 Å². The Labute approximate surface area is 206 Å². The first-order valence-corrected chi connectivity index (χ1v) is 11.8. The predicted octanol–water partition coefficient (Wildman–Crippen LogP) is 1.17. The van der Waals surface area contributed by atoms with Crippen molar-refractivity contribution in [1.29, 1.82) is 10.5 Å². The molecule has 0 atom stereocenters. The van der Waals surface area contributed by atoms with Crippen LogP contribution in [0.5, 0.6) is 0 Å². The van der Waals surface area contributed by atoms with E-state index in [9.17, 15) is 14.9 Å². The van der Waals surface area contributed by atoms with Gasteiger partial charge in [-0.25, -0.2) is 4.98 Å². The van der Waals surface area contributed by atoms with Gasteiger partial charge in [0.1, 0.15) is 27.6 Å². The normalized spacial score (nSPS) is 11.8. The highest BCUT2D eigenvalue weighted by Gasteiger charge is 2.14. The Kier molecular flexibility index (Phi) is 8.76. The van der Waals surface area contributed by atoms with E-state index in [-0.39, 0.29) is 22.3 Å². The first kappa shape index (κ1) is 25.2. The van der Waals surface area contributed by atoms with Gasteiger partial charge in [0, 0.05) is 38.2 Å². The molecule has 35 heavy (non-hydrogen) atoms. The monoisotopic (exact) mass is 487 g/mol. The first-order valence-electron chi connectivity index (χ1n) is 11.0. The Morgan fingerprint density at radius 2 is 2.09 bits per heavy atom. The van der Waals surface area contributed by atoms with Gasteiger partial charge in [-0.15, -0.1) is 11.3 Å². The molecule has 2 heterocycles. The van der Waals surface area contributed by atoms with Crippen molar-refractivity contribution in [1.82, 2.24) is 14.9 Å². The highest BCUT2D eigenvalue weighted by atomic mass is 32.1. The standard InChI is InChI=1S/C25H25N7O2S/c1-3-32-24(34)21(35-25(32)20(16-27)23(33)29-13-11-26)17-30-19-8-6-7-18(15-19)10-14-31(2)22-9-4-5-12-28-22/h4-9,12,15,17,30H,3,10,13-14H2,1-2H3,(H,29,33)/b21-17+,25-20-. The summed E-state index contributed by atoms with van der Waals surface area (Å²) in [5, 5.41) is 23.7. The Morgan fingerprint density at radius 3 is 2.77 bits per heavy atom. The zero-order valence-electron chi connectivity index (χ0n) is 19.5. The van der Waals surface area contributed by atoms with Crippen molar-refractivity contribution in [3.8, 4) is 12.1 Å². The summed E-state index contributed by atoms with van der Waals surface area (Å²) in [5.74, 6) is 0.228. The number of thiazole rings is 1. The number of hydrogen-bond acceptors (Lipinski definition) is 8. The van der Waals surface area contributed by atoms with E-state index in [4.69, 9.17) is 5.26 Å². The summed E-state index contributed by atoms with van der Waals surface area (Å²) in [4.78, 5) is 31.6. The number of likely N-dealkylation sites (N-methyl/N-ethyl adjacent to an activating group) is 1. The molecule has 0 fully saturated rings. The number of nitrogens with zero attached hydrogens (tertiary/aromatic N) is 5. The van der Waals surface area contributed by atoms with E-state index in [2.05, 4.69) is 20.5 Å². The fourth-order valence-electron chi connectivity index (χ4n) is 3.35. The van der Waals surface area contributed by atoms with Crippen molar-refractivity contribution in [3.05, 3.63) is 73.8 Å². The van der Waals surface area contributed by atoms with Gasteiger partial charge in [-0.2, -0.15) is 10.5 Å². The number of amides is 1. The second kappa shape index (κ2) is 12.2. The smallest absolute Gasteiger partial charge is 0.270 e. The van der Waals surface area contributed by atoms with Crippen molar-refractivity contribution in [2.75, 3.05) is 30.4 Å². The minimum absolute atomic E-state index is 0.192. The molecule has 3 aromatic rings. The van der Waals surface area contributed by atoms with Crippen molar-refractivity contribution >= 4 is 40.5 Å². The summed E-state index contributed by atoms with van der Waals surface area (Å²) >= 11 is 1.06. The third kappa shape index (κ3) is 6.34. The lowest BCUT2D eigenvalue weighted by Crippen LogP contribution is -2.34. The maximum atomic E-state index is 12.9. The number of pyridine rings is 1. The molecule has 2 aromatic heterocycles. The summed E-state index contributed by atoms with van der Waals surface area (Å²) in [6, 6.07) is 17.4. The number of benzene rings is 1. The van der Waals surface area contributed by atoms with Crippen LogP contribution in [0.4, 0.5) is 11.5 Å². The number of nitriles is 2. The Hall–Kier alpha value is -4.41. The van der Waals surface area contributed by atoms with Crippen LogP contribution in [0.15, 0.2) is 53.5 Å². The van der Waals surface area contributed by atoms with Crippen LogP contribution in [0.25, 0.3) is 11.8 Å². The summed E-state index contributed by atoms with van der Waals surface area (Å²) in [6.45, 7) is 2.64. The average Bonchev–Trinajstić information content (AvgIpc) is 3.20. The van der Waals surface area contributed by atoms with Crippen LogP contribution in [-0.2, 0) is 17.8 Å². The van der Waals surface area contributed by atoms with E-state index in [1.165, 1.54) is 4.57 Å². The van der Waals surface area contributed by atoms with Gasteiger partial charge >= 0.3 is 0 Å². The molecular formula is C25H25N7O2S. The summed E-state index contributed by atoms with van der Waals surface area (Å²) in [5.41, 5.74) is 1.45. The van der Waals surface area contributed by atoms with Crippen LogP contribution < -0.4 is 30.3 Å². The molecule has 9 nitrogen and oxygen atoms in total. The van der Waals surface area contributed by atoms with Crippen LogP contribution in [-0.4, -0.2) is 35.6 Å². The zero-order chi connectivity index (χ0) is 25.2. The molecule has 3 rings (SSSR count). The number of carbonyl (C=O) groups is 1. The number of nitrogens with one attached hydrogen (secondary N) is 2. The van der Waals surface area contributed by atoms with E-state index in [1.54, 1.807) is 25.4 Å². The fourth-order valence-corrected chi connectivity index (χ4v) is 4.44. The average molecular weight is 488 g/mol. The van der Waals surface area contributed by atoms with Crippen molar-refractivity contribution < 1.29 is 4.79 Å². The maximum Gasteiger partial charge on any atom is 0.270 e. The Morgan fingerprint density at radius 1 is 1.26 bits per heavy atom. The van der Waals surface area contributed by atoms with Crippen LogP contribution in [0.1, 0.15) is 12.5 Å². The Balaban J connectivity index is 1.82. The SMILES string of the molecule is CCn1c(=O)/c(=C\Nc2cccc(CCN(C)c3ccccn3)c2)s/c1=C(/C#N)C(=O)NCC#N. The van der Waals surface area contributed by atoms with Gasteiger partial charge in [0.15, 0.2) is 5.57 Å². The molecule has 0 aliphatic heterocycles. The second-order valence-corrected chi connectivity index (χ2v) is 8.53. The third-order valence-corrected chi connectivity index (χ3v) is 6.31. The van der Waals surface area contributed by atoms with Crippen LogP contribution >= 0.6 is 11.3 Å². The highest BCUT2D eigenvalue weighted by molar-refractivity contribution is 7.07. The lowest BCUT2D eigenvalue weighted by Gasteiger charge is -2.18. The van der Waals surface area contributed by atoms with Crippen molar-refractivity contribution in [2.45, 2.75) is 19.9 Å². The molecule has 0 aliphatic rings. The van der Waals surface area contributed by atoms with Gasteiger partial charge in [-0.1, -0.05) is 18.2 Å². The number of rotatable bonds is 9. The minimum atomic E-state index is -0.680. The van der Waals surface area contributed by atoms with Crippen molar-refractivity contribution in [2.24, 2.45) is 0 Å². The van der Waals surface area contributed by atoms with E-state index >= 15 is 0 Å². The van der Waals surface area contributed by atoms with Crippen molar-refractivity contribution in [3.63, 3.8) is 0 Å². The molecule has 10 heteroatoms. The van der Waals surface area contributed by atoms with Gasteiger partial charge in [-0.3, -0.25) is 14.2 Å². The summed E-state index contributed by atoms with van der Waals surface area (Å²) in [7, 11) is 2.00. The van der Waals surface area contributed by atoms with Gasteiger partial charge in [-0.05, 0) is 43.2 Å². The highest BCUT2D eigenvalue weighted by Crippen LogP contribution is 2.13. The topological polar surface area (TPSA) is 127 Å². The molecule has 0 spiro atoms. The quantitative estimate of drug-likeness (QED) is 0.434. The molecule has 1 amide bonds. The van der Waals surface area contributed by atoms with E-state index < -0.39 is 5.91 Å². The summed E-state index contributed by atoms with van der Waals surface area (Å²) < 4.78 is 2.00. The summed E-state index contributed by atoms with van der Waals surface area (Å²) in [6.07, 6.45) is 4.17. The van der Waals surface area contributed by atoms with E-state index in [0.717, 1.165) is 41.4 Å². The lowest BCUT2D eigenvalue weighted by molar-refractivity contribution is -0.115. The fraction of sp³-hybridized carbons (Fsp3) is 0.240. The Bertz CT molecular complexity index is 1450. The largest absolute Gasteiger partial charge is 0.360 e. The first-order chi connectivity index (χ1) is 17.0. The number of anilines is 2. The lowest BCUT2D eigenvalue weighted by atomic mass is 10.1. The maximum absolute atomic E-state index is 12.9. The molecule has 2 N–H and O–H groups in total. The van der Waals surface area contributed by atoms with Gasteiger partial charge in [0.2, 0.25) is 0 Å². The molecule has 178 valence electrons. The molecule has 0 aliphatic carbocycles.